The van der Waals surface area contributed by atoms with Gasteiger partial charge in [0, 0.05) is 45.1 Å². The number of hydrogen-bond acceptors (Lipinski definition) is 3. The number of carbonyl (C=O) groups excluding carboxylic acids is 1. The molecule has 128 valence electrons. The second-order valence-electron chi connectivity index (χ2n) is 7.01. The molecule has 0 saturated carbocycles. The molecule has 0 aromatic heterocycles. The number of aryl methyl sites for hydroxylation is 1. The zero-order valence-corrected chi connectivity index (χ0v) is 15.1. The van der Waals surface area contributed by atoms with Crippen molar-refractivity contribution in [2.45, 2.75) is 46.6 Å². The van der Waals surface area contributed by atoms with Crippen molar-refractivity contribution in [1.29, 1.82) is 0 Å². The Hall–Kier alpha value is -1.19. The molecular weight excluding hydrogens is 284 g/mol. The van der Waals surface area contributed by atoms with E-state index in [1.54, 1.807) is 0 Å². The molecular formula is C20H32N2O. The third-order valence-electron chi connectivity index (χ3n) is 4.84. The highest BCUT2D eigenvalue weighted by Gasteiger charge is 2.17. The molecule has 1 aromatic carbocycles. The SMILES string of the molecule is CCc1ccc(CN2CCN(CCCC(=O)C(C)C)CC2)cc1. The predicted octanol–water partition coefficient (Wildman–Crippen LogP) is 3.37. The molecule has 1 fully saturated rings. The van der Waals surface area contributed by atoms with E-state index in [9.17, 15) is 4.79 Å². The van der Waals surface area contributed by atoms with Crippen molar-refractivity contribution in [2.75, 3.05) is 32.7 Å². The molecule has 0 N–H and O–H groups in total. The fourth-order valence-electron chi connectivity index (χ4n) is 3.08. The molecule has 1 heterocycles. The summed E-state index contributed by atoms with van der Waals surface area (Å²) in [7, 11) is 0. The van der Waals surface area contributed by atoms with Crippen LogP contribution in [0, 0.1) is 5.92 Å². The summed E-state index contributed by atoms with van der Waals surface area (Å²) >= 11 is 0. The van der Waals surface area contributed by atoms with Crippen LogP contribution in [0.5, 0.6) is 0 Å². The Labute approximate surface area is 141 Å². The quantitative estimate of drug-likeness (QED) is 0.734. The molecule has 0 atom stereocenters. The Bertz CT molecular complexity index is 473. The summed E-state index contributed by atoms with van der Waals surface area (Å²) in [5, 5.41) is 0. The van der Waals surface area contributed by atoms with Crippen molar-refractivity contribution in [3.05, 3.63) is 35.4 Å². The minimum absolute atomic E-state index is 0.186. The number of rotatable bonds is 8. The van der Waals surface area contributed by atoms with Crippen molar-refractivity contribution in [3.8, 4) is 0 Å². The van der Waals surface area contributed by atoms with Gasteiger partial charge in [-0.25, -0.2) is 0 Å². The maximum atomic E-state index is 11.7. The van der Waals surface area contributed by atoms with Gasteiger partial charge in [0.2, 0.25) is 0 Å². The van der Waals surface area contributed by atoms with Crippen LogP contribution in [0.15, 0.2) is 24.3 Å². The van der Waals surface area contributed by atoms with E-state index in [1.807, 2.05) is 13.8 Å². The van der Waals surface area contributed by atoms with Crippen LogP contribution in [0.25, 0.3) is 0 Å². The molecule has 0 radical (unpaired) electrons. The summed E-state index contributed by atoms with van der Waals surface area (Å²) in [6.45, 7) is 12.8. The Morgan fingerprint density at radius 1 is 1.00 bits per heavy atom. The minimum Gasteiger partial charge on any atom is -0.301 e. The van der Waals surface area contributed by atoms with E-state index in [4.69, 9.17) is 0 Å². The Kier molecular flexibility index (Phi) is 7.25. The van der Waals surface area contributed by atoms with Gasteiger partial charge in [-0.05, 0) is 30.5 Å². The summed E-state index contributed by atoms with van der Waals surface area (Å²) < 4.78 is 0. The van der Waals surface area contributed by atoms with Gasteiger partial charge in [0.15, 0.2) is 0 Å². The van der Waals surface area contributed by atoms with E-state index in [1.165, 1.54) is 11.1 Å². The second-order valence-corrected chi connectivity index (χ2v) is 7.01. The number of piperazine rings is 1. The average Bonchev–Trinajstić information content (AvgIpc) is 2.57. The van der Waals surface area contributed by atoms with Crippen LogP contribution in [0.4, 0.5) is 0 Å². The molecule has 3 heteroatoms. The van der Waals surface area contributed by atoms with Gasteiger partial charge in [-0.15, -0.1) is 0 Å². The Balaban J connectivity index is 1.66. The molecule has 1 aromatic rings. The standard InChI is InChI=1S/C20H32N2O/c1-4-18-7-9-19(10-8-18)16-22-14-12-21(13-15-22)11-5-6-20(23)17(2)3/h7-10,17H,4-6,11-16H2,1-3H3. The summed E-state index contributed by atoms with van der Waals surface area (Å²) in [6, 6.07) is 9.03. The summed E-state index contributed by atoms with van der Waals surface area (Å²) in [5.74, 6) is 0.588. The largest absolute Gasteiger partial charge is 0.301 e. The lowest BCUT2D eigenvalue weighted by atomic mass is 10.0. The minimum atomic E-state index is 0.186. The topological polar surface area (TPSA) is 23.6 Å². The summed E-state index contributed by atoms with van der Waals surface area (Å²) in [4.78, 5) is 16.7. The molecule has 1 aliphatic heterocycles. The van der Waals surface area contributed by atoms with Crippen molar-refractivity contribution in [3.63, 3.8) is 0 Å². The van der Waals surface area contributed by atoms with Gasteiger partial charge in [0.1, 0.15) is 5.78 Å². The van der Waals surface area contributed by atoms with Crippen molar-refractivity contribution in [2.24, 2.45) is 5.92 Å². The maximum absolute atomic E-state index is 11.7. The first-order valence-electron chi connectivity index (χ1n) is 9.13. The first kappa shape index (κ1) is 18.2. The molecule has 1 aliphatic rings. The molecule has 1 saturated heterocycles. The summed E-state index contributed by atoms with van der Waals surface area (Å²) in [6.07, 6.45) is 2.86. The zero-order chi connectivity index (χ0) is 16.7. The average molecular weight is 316 g/mol. The van der Waals surface area contributed by atoms with E-state index in [0.717, 1.165) is 58.5 Å². The number of nitrogens with zero attached hydrogens (tertiary/aromatic N) is 2. The molecule has 23 heavy (non-hydrogen) atoms. The number of ketones is 1. The van der Waals surface area contributed by atoms with Crippen LogP contribution in [-0.4, -0.2) is 48.3 Å². The fraction of sp³-hybridized carbons (Fsp3) is 0.650. The van der Waals surface area contributed by atoms with Crippen LogP contribution < -0.4 is 0 Å². The van der Waals surface area contributed by atoms with Crippen LogP contribution >= 0.6 is 0 Å². The van der Waals surface area contributed by atoms with Crippen molar-refractivity contribution in [1.82, 2.24) is 9.80 Å². The van der Waals surface area contributed by atoms with Gasteiger partial charge in [0.25, 0.3) is 0 Å². The monoisotopic (exact) mass is 316 g/mol. The zero-order valence-electron chi connectivity index (χ0n) is 15.1. The van der Waals surface area contributed by atoms with Gasteiger partial charge >= 0.3 is 0 Å². The van der Waals surface area contributed by atoms with Crippen LogP contribution in [0.1, 0.15) is 44.7 Å². The normalized spacial score (nSPS) is 16.9. The Morgan fingerprint density at radius 2 is 1.57 bits per heavy atom. The molecule has 0 bridgehead atoms. The number of carbonyl (C=O) groups is 1. The smallest absolute Gasteiger partial charge is 0.135 e. The third-order valence-corrected chi connectivity index (χ3v) is 4.84. The van der Waals surface area contributed by atoms with Gasteiger partial charge in [-0.1, -0.05) is 45.0 Å². The lowest BCUT2D eigenvalue weighted by Crippen LogP contribution is -2.46. The third kappa shape index (κ3) is 6.08. The molecule has 0 spiro atoms. The number of hydrogen-bond donors (Lipinski definition) is 0. The highest BCUT2D eigenvalue weighted by atomic mass is 16.1. The lowest BCUT2D eigenvalue weighted by Gasteiger charge is -2.34. The highest BCUT2D eigenvalue weighted by Crippen LogP contribution is 2.11. The van der Waals surface area contributed by atoms with E-state index < -0.39 is 0 Å². The van der Waals surface area contributed by atoms with Gasteiger partial charge in [-0.3, -0.25) is 9.69 Å². The van der Waals surface area contributed by atoms with Gasteiger partial charge in [-0.2, -0.15) is 0 Å². The summed E-state index contributed by atoms with van der Waals surface area (Å²) in [5.41, 5.74) is 2.83. The van der Waals surface area contributed by atoms with Crippen LogP contribution in [-0.2, 0) is 17.8 Å². The molecule has 0 amide bonds. The first-order valence-corrected chi connectivity index (χ1v) is 9.13. The van der Waals surface area contributed by atoms with Gasteiger partial charge in [0.05, 0.1) is 0 Å². The molecule has 0 unspecified atom stereocenters. The molecule has 3 nitrogen and oxygen atoms in total. The van der Waals surface area contributed by atoms with E-state index in [-0.39, 0.29) is 5.92 Å². The first-order chi connectivity index (χ1) is 11.1. The molecule has 0 aliphatic carbocycles. The van der Waals surface area contributed by atoms with Crippen molar-refractivity contribution >= 4 is 5.78 Å². The van der Waals surface area contributed by atoms with Crippen molar-refractivity contribution < 1.29 is 4.79 Å². The second kappa shape index (κ2) is 9.19. The number of benzene rings is 1. The molecule has 2 rings (SSSR count). The number of Topliss-reactive ketones (excluding diaryl/α,β-unsaturated/α-hetero) is 1. The van der Waals surface area contributed by atoms with Gasteiger partial charge < -0.3 is 4.90 Å². The lowest BCUT2D eigenvalue weighted by molar-refractivity contribution is -0.122. The van der Waals surface area contributed by atoms with Crippen LogP contribution in [0.2, 0.25) is 0 Å². The van der Waals surface area contributed by atoms with E-state index >= 15 is 0 Å². The maximum Gasteiger partial charge on any atom is 0.135 e. The van der Waals surface area contributed by atoms with E-state index in [2.05, 4.69) is 41.0 Å². The predicted molar refractivity (Wildman–Crippen MR) is 96.6 cm³/mol. The van der Waals surface area contributed by atoms with E-state index in [0.29, 0.717) is 5.78 Å². The van der Waals surface area contributed by atoms with Crippen LogP contribution in [0.3, 0.4) is 0 Å². The fourth-order valence-corrected chi connectivity index (χ4v) is 3.08. The Morgan fingerprint density at radius 3 is 2.13 bits per heavy atom. The highest BCUT2D eigenvalue weighted by molar-refractivity contribution is 5.80.